The van der Waals surface area contributed by atoms with Crippen molar-refractivity contribution in [3.63, 3.8) is 0 Å². The number of nitrogens with one attached hydrogen (secondary N) is 2. The van der Waals surface area contributed by atoms with E-state index in [4.69, 9.17) is 0 Å². The summed E-state index contributed by atoms with van der Waals surface area (Å²) in [5.74, 6) is 0.540. The standard InChI is InChI=1S/C13H19F3N4O2S2/c1-17-12(18-8-10-4-7-23-9-10)19-11-2-5-20(6-3-11)24(21,22)13(14,15)16/h4,7,9,11H,2-3,5-6,8H2,1H3,(H2,17,18,19). The zero-order chi connectivity index (χ0) is 17.8. The minimum atomic E-state index is -5.24. The van der Waals surface area contributed by atoms with Gasteiger partial charge in [-0.25, -0.2) is 8.42 Å². The molecule has 2 rings (SSSR count). The summed E-state index contributed by atoms with van der Waals surface area (Å²) < 4.78 is 60.9. The summed E-state index contributed by atoms with van der Waals surface area (Å²) in [6.45, 7) is 0.256. The summed E-state index contributed by atoms with van der Waals surface area (Å²) in [6, 6.07) is 1.85. The molecule has 0 amide bonds. The van der Waals surface area contributed by atoms with Crippen LogP contribution in [0.25, 0.3) is 0 Å². The third-order valence-corrected chi connectivity index (χ3v) is 6.05. The molecule has 1 aromatic heterocycles. The molecule has 1 aliphatic heterocycles. The number of sulfonamides is 1. The minimum Gasteiger partial charge on any atom is -0.354 e. The van der Waals surface area contributed by atoms with E-state index in [1.54, 1.807) is 18.4 Å². The lowest BCUT2D eigenvalue weighted by molar-refractivity contribution is -0.0494. The van der Waals surface area contributed by atoms with Gasteiger partial charge in [0, 0.05) is 32.7 Å². The molecule has 0 saturated carbocycles. The molecule has 0 radical (unpaired) electrons. The van der Waals surface area contributed by atoms with E-state index < -0.39 is 15.5 Å². The maximum atomic E-state index is 12.5. The van der Waals surface area contributed by atoms with Gasteiger partial charge in [-0.3, -0.25) is 4.99 Å². The Hall–Kier alpha value is -1.33. The molecule has 0 unspecified atom stereocenters. The van der Waals surface area contributed by atoms with Crippen LogP contribution in [0.15, 0.2) is 21.8 Å². The van der Waals surface area contributed by atoms with Gasteiger partial charge in [-0.1, -0.05) is 0 Å². The van der Waals surface area contributed by atoms with E-state index >= 15 is 0 Å². The van der Waals surface area contributed by atoms with Crippen molar-refractivity contribution in [1.82, 2.24) is 14.9 Å². The van der Waals surface area contributed by atoms with E-state index in [1.165, 1.54) is 0 Å². The summed E-state index contributed by atoms with van der Waals surface area (Å²) >= 11 is 1.58. The first-order valence-electron chi connectivity index (χ1n) is 7.28. The number of guanidine groups is 1. The highest BCUT2D eigenvalue weighted by Crippen LogP contribution is 2.28. The number of piperidine rings is 1. The second-order valence-electron chi connectivity index (χ2n) is 5.33. The van der Waals surface area contributed by atoms with E-state index in [-0.39, 0.29) is 32.0 Å². The Morgan fingerprint density at radius 3 is 2.58 bits per heavy atom. The minimum absolute atomic E-state index is 0.127. The van der Waals surface area contributed by atoms with Gasteiger partial charge in [0.25, 0.3) is 0 Å². The van der Waals surface area contributed by atoms with Crippen LogP contribution in [0.1, 0.15) is 18.4 Å². The predicted octanol–water partition coefficient (Wildman–Crippen LogP) is 1.73. The van der Waals surface area contributed by atoms with Crippen LogP contribution in [-0.4, -0.2) is 50.4 Å². The van der Waals surface area contributed by atoms with Crippen molar-refractivity contribution in [1.29, 1.82) is 0 Å². The van der Waals surface area contributed by atoms with Crippen molar-refractivity contribution in [2.45, 2.75) is 30.9 Å². The van der Waals surface area contributed by atoms with Crippen LogP contribution in [0.4, 0.5) is 13.2 Å². The van der Waals surface area contributed by atoms with Crippen LogP contribution < -0.4 is 10.6 Å². The largest absolute Gasteiger partial charge is 0.511 e. The molecule has 0 bridgehead atoms. The van der Waals surface area contributed by atoms with E-state index in [0.29, 0.717) is 16.8 Å². The predicted molar refractivity (Wildman–Crippen MR) is 87.2 cm³/mol. The van der Waals surface area contributed by atoms with Crippen molar-refractivity contribution >= 4 is 27.3 Å². The van der Waals surface area contributed by atoms with Crippen LogP contribution in [0.2, 0.25) is 0 Å². The number of hydrogen-bond acceptors (Lipinski definition) is 4. The topological polar surface area (TPSA) is 73.8 Å². The number of thiophene rings is 1. The number of rotatable bonds is 4. The number of hydrogen-bond donors (Lipinski definition) is 2. The van der Waals surface area contributed by atoms with Gasteiger partial charge >= 0.3 is 15.5 Å². The average molecular weight is 384 g/mol. The van der Waals surface area contributed by atoms with Crippen molar-refractivity contribution in [3.05, 3.63) is 22.4 Å². The van der Waals surface area contributed by atoms with Gasteiger partial charge in [-0.2, -0.15) is 28.8 Å². The lowest BCUT2D eigenvalue weighted by Gasteiger charge is -2.32. The molecule has 0 aliphatic carbocycles. The van der Waals surface area contributed by atoms with Crippen LogP contribution in [0.3, 0.4) is 0 Å². The summed E-state index contributed by atoms with van der Waals surface area (Å²) in [6.07, 6.45) is 0.572. The molecular weight excluding hydrogens is 365 g/mol. The highest BCUT2D eigenvalue weighted by molar-refractivity contribution is 7.90. The summed E-state index contributed by atoms with van der Waals surface area (Å²) in [5, 5.41) is 10.2. The van der Waals surface area contributed by atoms with Crippen LogP contribution in [0, 0.1) is 0 Å². The molecule has 1 aliphatic rings. The maximum absolute atomic E-state index is 12.5. The number of alkyl halides is 3. The molecule has 11 heteroatoms. The SMILES string of the molecule is CN=C(NCc1ccsc1)NC1CCN(S(=O)(=O)C(F)(F)F)CC1. The summed E-state index contributed by atoms with van der Waals surface area (Å²) in [5.41, 5.74) is -4.14. The summed E-state index contributed by atoms with van der Waals surface area (Å²) in [7, 11) is -3.63. The second-order valence-corrected chi connectivity index (χ2v) is 8.04. The van der Waals surface area contributed by atoms with Gasteiger partial charge in [0.2, 0.25) is 0 Å². The maximum Gasteiger partial charge on any atom is 0.511 e. The first-order valence-corrected chi connectivity index (χ1v) is 9.67. The Morgan fingerprint density at radius 2 is 2.08 bits per heavy atom. The van der Waals surface area contributed by atoms with Gasteiger partial charge in [-0.05, 0) is 35.2 Å². The Bertz CT molecular complexity index is 651. The highest BCUT2D eigenvalue weighted by atomic mass is 32.2. The van der Waals surface area contributed by atoms with Gasteiger partial charge in [-0.15, -0.1) is 0 Å². The Kier molecular flexibility index (Phi) is 6.10. The van der Waals surface area contributed by atoms with E-state index in [1.807, 2.05) is 16.8 Å². The molecule has 1 saturated heterocycles. The van der Waals surface area contributed by atoms with Crippen LogP contribution in [-0.2, 0) is 16.6 Å². The van der Waals surface area contributed by atoms with Crippen molar-refractivity contribution in [3.8, 4) is 0 Å². The van der Waals surface area contributed by atoms with Crippen LogP contribution in [0.5, 0.6) is 0 Å². The van der Waals surface area contributed by atoms with E-state index in [9.17, 15) is 21.6 Å². The van der Waals surface area contributed by atoms with E-state index in [0.717, 1.165) is 5.56 Å². The molecule has 24 heavy (non-hydrogen) atoms. The van der Waals surface area contributed by atoms with Gasteiger partial charge in [0.05, 0.1) is 0 Å². The van der Waals surface area contributed by atoms with Crippen molar-refractivity contribution in [2.75, 3.05) is 20.1 Å². The van der Waals surface area contributed by atoms with Gasteiger partial charge in [0.15, 0.2) is 5.96 Å². The molecule has 0 aromatic carbocycles. The number of aliphatic imine (C=N–C) groups is 1. The number of halogens is 3. The van der Waals surface area contributed by atoms with E-state index in [2.05, 4.69) is 15.6 Å². The number of nitrogens with zero attached hydrogens (tertiary/aromatic N) is 2. The molecule has 6 nitrogen and oxygen atoms in total. The highest BCUT2D eigenvalue weighted by Gasteiger charge is 2.50. The summed E-state index contributed by atoms with van der Waals surface area (Å²) in [4.78, 5) is 4.07. The zero-order valence-electron chi connectivity index (χ0n) is 13.0. The molecule has 0 spiro atoms. The Labute approximate surface area is 142 Å². The fourth-order valence-electron chi connectivity index (χ4n) is 2.35. The molecule has 0 atom stereocenters. The van der Waals surface area contributed by atoms with Crippen LogP contribution >= 0.6 is 11.3 Å². The molecule has 1 aromatic rings. The fourth-order valence-corrected chi connectivity index (χ4v) is 4.01. The molecule has 136 valence electrons. The fraction of sp³-hybridized carbons (Fsp3) is 0.615. The zero-order valence-corrected chi connectivity index (χ0v) is 14.6. The molecule has 1 fully saturated rings. The lowest BCUT2D eigenvalue weighted by atomic mass is 10.1. The average Bonchev–Trinajstić information content (AvgIpc) is 3.04. The van der Waals surface area contributed by atoms with Gasteiger partial charge in [0.1, 0.15) is 0 Å². The molecule has 2 N–H and O–H groups in total. The third-order valence-electron chi connectivity index (χ3n) is 3.69. The smallest absolute Gasteiger partial charge is 0.354 e. The second kappa shape index (κ2) is 7.70. The first-order chi connectivity index (χ1) is 11.2. The Balaban J connectivity index is 1.83. The molecular formula is C13H19F3N4O2S2. The Morgan fingerprint density at radius 1 is 1.42 bits per heavy atom. The van der Waals surface area contributed by atoms with Crippen molar-refractivity contribution in [2.24, 2.45) is 4.99 Å². The lowest BCUT2D eigenvalue weighted by Crippen LogP contribution is -2.51. The monoisotopic (exact) mass is 384 g/mol. The quantitative estimate of drug-likeness (QED) is 0.613. The normalized spacial score (nSPS) is 18.6. The molecule has 2 heterocycles. The first kappa shape index (κ1) is 19.0. The third kappa shape index (κ3) is 4.61. The van der Waals surface area contributed by atoms with Gasteiger partial charge < -0.3 is 10.6 Å². The van der Waals surface area contributed by atoms with Crippen molar-refractivity contribution < 1.29 is 21.6 Å².